The Morgan fingerprint density at radius 2 is 2.18 bits per heavy atom. The smallest absolute Gasteiger partial charge is 0.256 e. The molecule has 0 aromatic carbocycles. The number of carbonyl (C=O) groups excluding carboxylic acids is 1. The molecule has 2 heterocycles. The second-order valence-corrected chi connectivity index (χ2v) is 6.34. The van der Waals surface area contributed by atoms with Crippen LogP contribution in [0.5, 0.6) is 0 Å². The Bertz CT molecular complexity index is 632. The zero-order chi connectivity index (χ0) is 16.3. The minimum absolute atomic E-state index is 0.0532. The number of amides is 1. The number of nitrogens with zero attached hydrogens (tertiary/aromatic N) is 2. The molecule has 6 heteroatoms. The van der Waals surface area contributed by atoms with Gasteiger partial charge >= 0.3 is 0 Å². The highest BCUT2D eigenvalue weighted by Gasteiger charge is 2.22. The van der Waals surface area contributed by atoms with Crippen LogP contribution in [0, 0.1) is 12.8 Å². The molecule has 2 aromatic rings. The first-order valence-corrected chi connectivity index (χ1v) is 7.82. The molecule has 0 aliphatic carbocycles. The van der Waals surface area contributed by atoms with Crippen LogP contribution in [0.15, 0.2) is 22.8 Å². The molecule has 0 fully saturated rings. The van der Waals surface area contributed by atoms with Crippen LogP contribution in [0.3, 0.4) is 0 Å². The van der Waals surface area contributed by atoms with E-state index in [9.17, 15) is 4.79 Å². The molecule has 0 saturated heterocycles. The highest BCUT2D eigenvalue weighted by Crippen LogP contribution is 2.21. The summed E-state index contributed by atoms with van der Waals surface area (Å²) in [6.45, 7) is 8.59. The fraction of sp³-hybridized carbons (Fsp3) is 0.500. The van der Waals surface area contributed by atoms with Gasteiger partial charge in [0, 0.05) is 19.0 Å². The Morgan fingerprint density at radius 1 is 1.45 bits per heavy atom. The maximum absolute atomic E-state index is 12.4. The molecule has 0 unspecified atom stereocenters. The van der Waals surface area contributed by atoms with E-state index in [1.54, 1.807) is 17.9 Å². The number of hydrogen-bond acceptors (Lipinski definition) is 3. The summed E-state index contributed by atoms with van der Waals surface area (Å²) in [6.07, 6.45) is 2.26. The van der Waals surface area contributed by atoms with Crippen molar-refractivity contribution >= 4 is 17.5 Å². The zero-order valence-corrected chi connectivity index (χ0v) is 14.1. The van der Waals surface area contributed by atoms with Gasteiger partial charge in [0.25, 0.3) is 5.91 Å². The molecule has 1 atom stereocenters. The summed E-state index contributed by atoms with van der Waals surface area (Å²) < 4.78 is 6.98. The number of halogens is 1. The molecule has 22 heavy (non-hydrogen) atoms. The Kier molecular flexibility index (Phi) is 5.29. The number of aryl methyl sites for hydroxylation is 1. The molecule has 0 aliphatic heterocycles. The summed E-state index contributed by atoms with van der Waals surface area (Å²) in [4.78, 5) is 12.4. The Balaban J connectivity index is 2.07. The molecule has 1 N–H and O–H groups in total. The molecule has 0 spiro atoms. The van der Waals surface area contributed by atoms with E-state index in [-0.39, 0.29) is 11.9 Å². The van der Waals surface area contributed by atoms with Crippen molar-refractivity contribution in [2.75, 3.05) is 0 Å². The Hall–Kier alpha value is -1.75. The molecule has 0 bridgehead atoms. The third kappa shape index (κ3) is 3.91. The third-order valence-corrected chi connectivity index (χ3v) is 3.68. The van der Waals surface area contributed by atoms with Crippen molar-refractivity contribution in [3.63, 3.8) is 0 Å². The van der Waals surface area contributed by atoms with Gasteiger partial charge in [-0.1, -0.05) is 25.4 Å². The lowest BCUT2D eigenvalue weighted by Gasteiger charge is -2.12. The van der Waals surface area contributed by atoms with E-state index >= 15 is 0 Å². The van der Waals surface area contributed by atoms with Gasteiger partial charge in [-0.2, -0.15) is 5.10 Å². The van der Waals surface area contributed by atoms with Crippen LogP contribution in [0.2, 0.25) is 5.15 Å². The van der Waals surface area contributed by atoms with Gasteiger partial charge in [0.05, 0.1) is 17.5 Å². The van der Waals surface area contributed by atoms with Gasteiger partial charge < -0.3 is 9.73 Å². The second kappa shape index (κ2) is 7.01. The van der Waals surface area contributed by atoms with E-state index in [0.717, 1.165) is 5.76 Å². The molecular formula is C16H22ClN3O2. The monoisotopic (exact) mass is 323 g/mol. The molecule has 1 amide bonds. The lowest BCUT2D eigenvalue weighted by atomic mass is 10.1. The average Bonchev–Trinajstić information content (AvgIpc) is 2.98. The maximum Gasteiger partial charge on any atom is 0.256 e. The van der Waals surface area contributed by atoms with Crippen molar-refractivity contribution in [3.8, 4) is 0 Å². The lowest BCUT2D eigenvalue weighted by molar-refractivity contribution is 0.0938. The van der Waals surface area contributed by atoms with E-state index in [4.69, 9.17) is 16.0 Å². The number of furan rings is 1. The third-order valence-electron chi connectivity index (χ3n) is 3.30. The second-order valence-electron chi connectivity index (χ2n) is 5.99. The van der Waals surface area contributed by atoms with Crippen LogP contribution < -0.4 is 5.32 Å². The van der Waals surface area contributed by atoms with Crippen LogP contribution >= 0.6 is 11.6 Å². The van der Waals surface area contributed by atoms with Crippen LogP contribution in [-0.4, -0.2) is 21.7 Å². The normalized spacial score (nSPS) is 12.6. The predicted octanol–water partition coefficient (Wildman–Crippen LogP) is 3.45. The van der Waals surface area contributed by atoms with Crippen molar-refractivity contribution in [1.29, 1.82) is 0 Å². The fourth-order valence-corrected chi connectivity index (χ4v) is 2.68. The quantitative estimate of drug-likeness (QED) is 0.885. The Labute approximate surface area is 135 Å². The number of nitrogens with one attached hydrogen (secondary N) is 1. The standard InChI is InChI=1S/C16H22ClN3O2/c1-10(2)9-20-15(17)14(12(4)19-20)16(21)18-11(3)8-13-6-5-7-22-13/h5-7,10-11H,8-9H2,1-4H3,(H,18,21)/t11-/m1/s1. The van der Waals surface area contributed by atoms with Gasteiger partial charge in [0.15, 0.2) is 0 Å². The summed E-state index contributed by atoms with van der Waals surface area (Å²) in [5, 5.41) is 7.70. The summed E-state index contributed by atoms with van der Waals surface area (Å²) in [5.41, 5.74) is 1.10. The molecule has 120 valence electrons. The highest BCUT2D eigenvalue weighted by molar-refractivity contribution is 6.33. The van der Waals surface area contributed by atoms with Gasteiger partial charge in [0.2, 0.25) is 0 Å². The minimum Gasteiger partial charge on any atom is -0.469 e. The fourth-order valence-electron chi connectivity index (χ4n) is 2.36. The highest BCUT2D eigenvalue weighted by atomic mass is 35.5. The van der Waals surface area contributed by atoms with Crippen LogP contribution in [0.25, 0.3) is 0 Å². The van der Waals surface area contributed by atoms with E-state index in [1.165, 1.54) is 0 Å². The first kappa shape index (κ1) is 16.6. The number of aromatic nitrogens is 2. The molecule has 0 saturated carbocycles. The van der Waals surface area contributed by atoms with Gasteiger partial charge in [-0.25, -0.2) is 0 Å². The topological polar surface area (TPSA) is 60.1 Å². The van der Waals surface area contributed by atoms with E-state index in [0.29, 0.717) is 35.3 Å². The summed E-state index contributed by atoms with van der Waals surface area (Å²) in [6, 6.07) is 3.67. The van der Waals surface area contributed by atoms with Crippen LogP contribution in [0.4, 0.5) is 0 Å². The minimum atomic E-state index is -0.198. The maximum atomic E-state index is 12.4. The SMILES string of the molecule is Cc1nn(CC(C)C)c(Cl)c1C(=O)N[C@H](C)Cc1ccco1. The summed E-state index contributed by atoms with van der Waals surface area (Å²) in [7, 11) is 0. The van der Waals surface area contributed by atoms with Crippen molar-refractivity contribution in [3.05, 3.63) is 40.6 Å². The molecule has 2 rings (SSSR count). The predicted molar refractivity (Wildman–Crippen MR) is 86.2 cm³/mol. The van der Waals surface area contributed by atoms with E-state index in [1.807, 2.05) is 19.1 Å². The Morgan fingerprint density at radius 3 is 2.77 bits per heavy atom. The number of carbonyl (C=O) groups is 1. The van der Waals surface area contributed by atoms with Crippen molar-refractivity contribution < 1.29 is 9.21 Å². The van der Waals surface area contributed by atoms with Crippen LogP contribution in [-0.2, 0) is 13.0 Å². The zero-order valence-electron chi connectivity index (χ0n) is 13.4. The first-order valence-electron chi connectivity index (χ1n) is 7.44. The van der Waals surface area contributed by atoms with Gasteiger partial charge in [-0.05, 0) is 31.9 Å². The summed E-state index contributed by atoms with van der Waals surface area (Å²) in [5.74, 6) is 1.05. The van der Waals surface area contributed by atoms with Crippen molar-refractivity contribution in [1.82, 2.24) is 15.1 Å². The molecule has 5 nitrogen and oxygen atoms in total. The van der Waals surface area contributed by atoms with Gasteiger partial charge in [-0.3, -0.25) is 9.48 Å². The largest absolute Gasteiger partial charge is 0.469 e. The molecule has 0 radical (unpaired) electrons. The van der Waals surface area contributed by atoms with E-state index < -0.39 is 0 Å². The summed E-state index contributed by atoms with van der Waals surface area (Å²) >= 11 is 6.32. The van der Waals surface area contributed by atoms with Crippen molar-refractivity contribution in [2.45, 2.75) is 46.7 Å². The van der Waals surface area contributed by atoms with Crippen LogP contribution in [0.1, 0.15) is 42.6 Å². The first-order chi connectivity index (χ1) is 10.4. The molecule has 0 aliphatic rings. The van der Waals surface area contributed by atoms with Gasteiger partial charge in [0.1, 0.15) is 10.9 Å². The lowest BCUT2D eigenvalue weighted by Crippen LogP contribution is -2.34. The molecule has 2 aromatic heterocycles. The van der Waals surface area contributed by atoms with Gasteiger partial charge in [-0.15, -0.1) is 0 Å². The average molecular weight is 324 g/mol. The van der Waals surface area contributed by atoms with E-state index in [2.05, 4.69) is 24.3 Å². The number of rotatable bonds is 6. The number of hydrogen-bond donors (Lipinski definition) is 1. The molecular weight excluding hydrogens is 302 g/mol. The van der Waals surface area contributed by atoms with Crippen molar-refractivity contribution in [2.24, 2.45) is 5.92 Å².